The maximum atomic E-state index is 12.3. The largest absolute Gasteiger partial charge is 0.330 e. The maximum Gasteiger partial charge on any atom is 0.330 e. The number of aromatic nitrogens is 4. The molecular weight excluding hydrogens is 282 g/mol. The van der Waals surface area contributed by atoms with Crippen molar-refractivity contribution in [1.82, 2.24) is 24.4 Å². The van der Waals surface area contributed by atoms with Crippen LogP contribution >= 0.6 is 0 Å². The lowest BCUT2D eigenvalue weighted by Gasteiger charge is -2.12. The Labute approximate surface area is 128 Å². The number of aryl methyl sites for hydroxylation is 1. The van der Waals surface area contributed by atoms with Crippen molar-refractivity contribution in [2.75, 3.05) is 6.54 Å². The van der Waals surface area contributed by atoms with E-state index in [1.165, 1.54) is 0 Å². The second-order valence-corrected chi connectivity index (χ2v) is 5.92. The van der Waals surface area contributed by atoms with E-state index in [0.29, 0.717) is 17.7 Å². The number of aromatic amines is 1. The van der Waals surface area contributed by atoms with Crippen LogP contribution in [0.4, 0.5) is 0 Å². The van der Waals surface area contributed by atoms with Gasteiger partial charge in [-0.3, -0.25) is 14.3 Å². The van der Waals surface area contributed by atoms with Crippen LogP contribution in [0.5, 0.6) is 0 Å². The summed E-state index contributed by atoms with van der Waals surface area (Å²) < 4.78 is 3.55. The summed E-state index contributed by atoms with van der Waals surface area (Å²) in [6.07, 6.45) is 2.91. The number of imidazole rings is 1. The minimum atomic E-state index is -0.376. The lowest BCUT2D eigenvalue weighted by atomic mass is 10.2. The number of hydrogen-bond donors (Lipinski definition) is 2. The molecule has 2 N–H and O–H groups in total. The molecule has 0 aliphatic carbocycles. The summed E-state index contributed by atoms with van der Waals surface area (Å²) in [7, 11) is 0. The van der Waals surface area contributed by atoms with Crippen molar-refractivity contribution < 1.29 is 0 Å². The van der Waals surface area contributed by atoms with Crippen molar-refractivity contribution in [3.8, 4) is 0 Å². The van der Waals surface area contributed by atoms with Crippen molar-refractivity contribution in [3.05, 3.63) is 26.7 Å². The number of hydrogen-bond acceptors (Lipinski definition) is 4. The standard InChI is InChI=1S/C15H23N5O2/c1-4-9(3)20-13-11(14(21)18-15(20)22)19(5-2)12(17-13)10-7-6-8-16-10/h9-10,16H,4-8H2,1-3H3,(H,18,21,22). The number of nitrogens with one attached hydrogen (secondary N) is 2. The number of nitrogens with zero attached hydrogens (tertiary/aromatic N) is 3. The molecule has 0 aromatic carbocycles. The van der Waals surface area contributed by atoms with Crippen molar-refractivity contribution >= 4 is 11.2 Å². The third kappa shape index (κ3) is 2.20. The predicted octanol–water partition coefficient (Wildman–Crippen LogP) is 1.30. The molecule has 2 aromatic rings. The fraction of sp³-hybridized carbons (Fsp3) is 0.667. The lowest BCUT2D eigenvalue weighted by Crippen LogP contribution is -2.32. The summed E-state index contributed by atoms with van der Waals surface area (Å²) >= 11 is 0. The van der Waals surface area contributed by atoms with Gasteiger partial charge in [-0.05, 0) is 39.7 Å². The average molecular weight is 305 g/mol. The van der Waals surface area contributed by atoms with E-state index in [1.807, 2.05) is 25.3 Å². The molecule has 2 aromatic heterocycles. The molecule has 0 saturated carbocycles. The van der Waals surface area contributed by atoms with Crippen LogP contribution in [0.2, 0.25) is 0 Å². The van der Waals surface area contributed by atoms with Gasteiger partial charge in [-0.2, -0.15) is 0 Å². The summed E-state index contributed by atoms with van der Waals surface area (Å²) in [6, 6.07) is 0.156. The first-order valence-electron chi connectivity index (χ1n) is 8.06. The monoisotopic (exact) mass is 305 g/mol. The fourth-order valence-corrected chi connectivity index (χ4v) is 3.24. The first-order chi connectivity index (χ1) is 10.6. The summed E-state index contributed by atoms with van der Waals surface area (Å²) in [5.74, 6) is 0.864. The third-order valence-electron chi connectivity index (χ3n) is 4.58. The summed E-state index contributed by atoms with van der Waals surface area (Å²) in [6.45, 7) is 7.61. The number of H-pyrrole nitrogens is 1. The molecule has 0 spiro atoms. The van der Waals surface area contributed by atoms with Crippen LogP contribution < -0.4 is 16.6 Å². The van der Waals surface area contributed by atoms with Crippen molar-refractivity contribution in [2.24, 2.45) is 0 Å². The molecule has 7 nitrogen and oxygen atoms in total. The fourth-order valence-electron chi connectivity index (χ4n) is 3.24. The van der Waals surface area contributed by atoms with E-state index in [4.69, 9.17) is 4.98 Å². The zero-order chi connectivity index (χ0) is 15.9. The zero-order valence-electron chi connectivity index (χ0n) is 13.3. The molecule has 1 aliphatic heterocycles. The van der Waals surface area contributed by atoms with Crippen LogP contribution in [0, 0.1) is 0 Å². The van der Waals surface area contributed by atoms with Gasteiger partial charge >= 0.3 is 5.69 Å². The number of fused-ring (bicyclic) bond motifs is 1. The second-order valence-electron chi connectivity index (χ2n) is 5.92. The SMILES string of the molecule is CCC(C)n1c(=O)[nH]c(=O)c2c1nc(C1CCCN1)n2CC. The molecule has 2 atom stereocenters. The van der Waals surface area contributed by atoms with E-state index < -0.39 is 0 Å². The summed E-state index contributed by atoms with van der Waals surface area (Å²) in [4.78, 5) is 31.7. The summed E-state index contributed by atoms with van der Waals surface area (Å²) in [5.41, 5.74) is 0.288. The Morgan fingerprint density at radius 3 is 2.73 bits per heavy atom. The van der Waals surface area contributed by atoms with Gasteiger partial charge in [0.15, 0.2) is 11.2 Å². The average Bonchev–Trinajstić information content (AvgIpc) is 3.13. The topological polar surface area (TPSA) is 84.7 Å². The Bertz CT molecular complexity index is 795. The van der Waals surface area contributed by atoms with Crippen LogP contribution in [-0.4, -0.2) is 25.6 Å². The number of rotatable bonds is 4. The van der Waals surface area contributed by atoms with Crippen molar-refractivity contribution in [1.29, 1.82) is 0 Å². The van der Waals surface area contributed by atoms with E-state index in [0.717, 1.165) is 31.6 Å². The van der Waals surface area contributed by atoms with Gasteiger partial charge in [-0.25, -0.2) is 9.78 Å². The predicted molar refractivity (Wildman–Crippen MR) is 85.3 cm³/mol. The first kappa shape index (κ1) is 15.0. The van der Waals surface area contributed by atoms with Crippen LogP contribution in [0.3, 0.4) is 0 Å². The molecule has 120 valence electrons. The minimum Gasteiger partial charge on any atom is -0.321 e. The zero-order valence-corrected chi connectivity index (χ0v) is 13.3. The first-order valence-corrected chi connectivity index (χ1v) is 8.06. The summed E-state index contributed by atoms with van der Waals surface area (Å²) in [5, 5.41) is 3.42. The minimum absolute atomic E-state index is 0.00329. The second kappa shape index (κ2) is 5.72. The molecule has 1 saturated heterocycles. The highest BCUT2D eigenvalue weighted by Gasteiger charge is 2.26. The normalized spacial score (nSPS) is 19.9. The highest BCUT2D eigenvalue weighted by atomic mass is 16.2. The van der Waals surface area contributed by atoms with Gasteiger partial charge in [-0.15, -0.1) is 0 Å². The van der Waals surface area contributed by atoms with E-state index in [1.54, 1.807) is 4.57 Å². The van der Waals surface area contributed by atoms with Gasteiger partial charge in [-0.1, -0.05) is 6.92 Å². The molecule has 3 rings (SSSR count). The Balaban J connectivity index is 2.34. The van der Waals surface area contributed by atoms with Crippen LogP contribution in [0.25, 0.3) is 11.2 Å². The molecule has 22 heavy (non-hydrogen) atoms. The lowest BCUT2D eigenvalue weighted by molar-refractivity contribution is 0.516. The molecule has 7 heteroatoms. The third-order valence-corrected chi connectivity index (χ3v) is 4.58. The van der Waals surface area contributed by atoms with Gasteiger partial charge in [0.25, 0.3) is 5.56 Å². The molecule has 2 unspecified atom stereocenters. The van der Waals surface area contributed by atoms with E-state index in [9.17, 15) is 9.59 Å². The Hall–Kier alpha value is -1.89. The van der Waals surface area contributed by atoms with Gasteiger partial charge in [0.05, 0.1) is 6.04 Å². The van der Waals surface area contributed by atoms with Crippen molar-refractivity contribution in [2.45, 2.75) is 58.7 Å². The van der Waals surface area contributed by atoms with Gasteiger partial charge in [0.2, 0.25) is 0 Å². The van der Waals surface area contributed by atoms with Crippen LogP contribution in [-0.2, 0) is 6.54 Å². The smallest absolute Gasteiger partial charge is 0.321 e. The Morgan fingerprint density at radius 1 is 1.36 bits per heavy atom. The molecule has 0 radical (unpaired) electrons. The van der Waals surface area contributed by atoms with Crippen LogP contribution in [0.15, 0.2) is 9.59 Å². The highest BCUT2D eigenvalue weighted by Crippen LogP contribution is 2.25. The quantitative estimate of drug-likeness (QED) is 0.891. The van der Waals surface area contributed by atoms with E-state index in [2.05, 4.69) is 10.3 Å². The van der Waals surface area contributed by atoms with E-state index >= 15 is 0 Å². The van der Waals surface area contributed by atoms with Gasteiger partial charge < -0.3 is 9.88 Å². The maximum absolute atomic E-state index is 12.3. The molecule has 1 fully saturated rings. The highest BCUT2D eigenvalue weighted by molar-refractivity contribution is 5.71. The molecule has 0 amide bonds. The molecular formula is C15H23N5O2. The Kier molecular flexibility index (Phi) is 3.90. The molecule has 0 bridgehead atoms. The Morgan fingerprint density at radius 2 is 2.14 bits per heavy atom. The van der Waals surface area contributed by atoms with Gasteiger partial charge in [0, 0.05) is 12.6 Å². The van der Waals surface area contributed by atoms with E-state index in [-0.39, 0.29) is 23.3 Å². The van der Waals surface area contributed by atoms with Crippen molar-refractivity contribution in [3.63, 3.8) is 0 Å². The molecule has 3 heterocycles. The van der Waals surface area contributed by atoms with Gasteiger partial charge in [0.1, 0.15) is 5.82 Å². The van der Waals surface area contributed by atoms with Crippen LogP contribution in [0.1, 0.15) is 57.9 Å². The molecule has 1 aliphatic rings.